The number of halogens is 1. The predicted molar refractivity (Wildman–Crippen MR) is 227 cm³/mol. The van der Waals surface area contributed by atoms with Crippen LogP contribution in [-0.2, 0) is 27.3 Å². The molecule has 1 heterocycles. The van der Waals surface area contributed by atoms with E-state index in [0.29, 0.717) is 31.5 Å². The summed E-state index contributed by atoms with van der Waals surface area (Å²) in [7, 11) is 4.34. The highest BCUT2D eigenvalue weighted by Gasteiger charge is 2.31. The largest absolute Gasteiger partial charge is 0.444 e. The van der Waals surface area contributed by atoms with Crippen LogP contribution in [0.5, 0.6) is 0 Å². The van der Waals surface area contributed by atoms with Gasteiger partial charge in [-0.2, -0.15) is 5.21 Å². The summed E-state index contributed by atoms with van der Waals surface area (Å²) in [6.07, 6.45) is 7.35. The number of aryl methyl sites for hydroxylation is 1. The van der Waals surface area contributed by atoms with E-state index in [9.17, 15) is 14.4 Å². The number of anilines is 1. The molecule has 1 atom stereocenters. The molecule has 2 saturated carbocycles. The standard InChI is InChI=1S/C45H60FN9O4/c1-28-22-31(27-47-34-15-18-36(19-16-34)55(5)6)12-20-37(28)33-9-7-8-30(23-33)24-40(43(57)49-35-17-21-38(39(46)25-35)41-51-53-54-52-41)50-42(56)32-13-10-29(11-14-32)26-48-44(58)59-45(2,3)4/h7-9,12,17,20-23,25,29,32,34,36,40,47H,10-11,13-16,18-19,24,26-27H2,1-6H3,(H,48,58)(H,49,57)(H,50,56)(H,51,52,53,54). The van der Waals surface area contributed by atoms with Crippen molar-refractivity contribution >= 4 is 23.6 Å². The zero-order valence-electron chi connectivity index (χ0n) is 35.2. The minimum absolute atomic E-state index is 0.0974. The molecule has 6 rings (SSSR count). The van der Waals surface area contributed by atoms with Crippen molar-refractivity contribution in [2.75, 3.05) is 26.0 Å². The van der Waals surface area contributed by atoms with Crippen LogP contribution < -0.4 is 21.3 Å². The number of tetrazole rings is 1. The van der Waals surface area contributed by atoms with E-state index in [2.05, 4.69) is 98.1 Å². The van der Waals surface area contributed by atoms with Gasteiger partial charge < -0.3 is 30.9 Å². The van der Waals surface area contributed by atoms with Crippen LogP contribution >= 0.6 is 0 Å². The fourth-order valence-electron chi connectivity index (χ4n) is 8.27. The summed E-state index contributed by atoms with van der Waals surface area (Å²) in [4.78, 5) is 42.3. The lowest BCUT2D eigenvalue weighted by molar-refractivity contribution is -0.130. The molecule has 4 aromatic rings. The number of benzene rings is 3. The van der Waals surface area contributed by atoms with E-state index >= 15 is 4.39 Å². The first kappa shape index (κ1) is 43.4. The number of rotatable bonds is 14. The molecular weight excluding hydrogens is 750 g/mol. The van der Waals surface area contributed by atoms with Crippen molar-refractivity contribution in [1.82, 2.24) is 41.5 Å². The molecule has 5 N–H and O–H groups in total. The second-order valence-electron chi connectivity index (χ2n) is 17.5. The van der Waals surface area contributed by atoms with Gasteiger partial charge in [0.15, 0.2) is 0 Å². The average Bonchev–Trinajstić information content (AvgIpc) is 3.74. The second-order valence-corrected chi connectivity index (χ2v) is 17.5. The number of nitrogens with one attached hydrogen (secondary N) is 5. The van der Waals surface area contributed by atoms with Gasteiger partial charge in [0.1, 0.15) is 17.5 Å². The van der Waals surface area contributed by atoms with Gasteiger partial charge in [0, 0.05) is 43.2 Å². The molecule has 1 unspecified atom stereocenters. The summed E-state index contributed by atoms with van der Waals surface area (Å²) < 4.78 is 20.5. The molecule has 0 aliphatic heterocycles. The molecule has 13 nitrogen and oxygen atoms in total. The third kappa shape index (κ3) is 12.4. The third-order valence-corrected chi connectivity index (χ3v) is 11.6. The lowest BCUT2D eigenvalue weighted by Gasteiger charge is -2.33. The van der Waals surface area contributed by atoms with Crippen LogP contribution in [0.2, 0.25) is 0 Å². The van der Waals surface area contributed by atoms with E-state index in [0.717, 1.165) is 41.6 Å². The Morgan fingerprint density at radius 1 is 0.915 bits per heavy atom. The molecule has 2 fully saturated rings. The second kappa shape index (κ2) is 19.7. The summed E-state index contributed by atoms with van der Waals surface area (Å²) in [6.45, 7) is 8.89. The SMILES string of the molecule is Cc1cc(CNC2CCC(N(C)C)CC2)ccc1-c1cccc(CC(NC(=O)C2CCC(CNC(=O)OC(C)(C)C)CC2)C(=O)Nc2ccc(-c3nn[nH]n3)c(F)c2)c1. The summed E-state index contributed by atoms with van der Waals surface area (Å²) in [5.41, 5.74) is 5.18. The molecule has 2 aliphatic rings. The molecule has 0 saturated heterocycles. The minimum Gasteiger partial charge on any atom is -0.444 e. The van der Waals surface area contributed by atoms with Crippen LogP contribution in [0.4, 0.5) is 14.9 Å². The smallest absolute Gasteiger partial charge is 0.407 e. The van der Waals surface area contributed by atoms with Crippen LogP contribution in [-0.4, -0.2) is 87.8 Å². The van der Waals surface area contributed by atoms with Gasteiger partial charge in [-0.3, -0.25) is 9.59 Å². The van der Waals surface area contributed by atoms with E-state index in [1.165, 1.54) is 43.4 Å². The molecule has 0 bridgehead atoms. The van der Waals surface area contributed by atoms with Gasteiger partial charge >= 0.3 is 6.09 Å². The summed E-state index contributed by atoms with van der Waals surface area (Å²) in [5.74, 6) is -1.26. The molecule has 3 amide bonds. The highest BCUT2D eigenvalue weighted by Crippen LogP contribution is 2.30. The van der Waals surface area contributed by atoms with Crippen molar-refractivity contribution < 1.29 is 23.5 Å². The van der Waals surface area contributed by atoms with Crippen molar-refractivity contribution in [3.8, 4) is 22.5 Å². The number of hydrogen-bond acceptors (Lipinski definition) is 9. The highest BCUT2D eigenvalue weighted by atomic mass is 19.1. The molecular formula is C45H60FN9O4. The molecule has 316 valence electrons. The molecule has 14 heteroatoms. The van der Waals surface area contributed by atoms with Gasteiger partial charge in [0.25, 0.3) is 0 Å². The van der Waals surface area contributed by atoms with Crippen LogP contribution in [0, 0.1) is 24.6 Å². The topological polar surface area (TPSA) is 166 Å². The zero-order valence-corrected chi connectivity index (χ0v) is 35.2. The van der Waals surface area contributed by atoms with Crippen LogP contribution in [0.1, 0.15) is 88.8 Å². The van der Waals surface area contributed by atoms with Crippen LogP contribution in [0.25, 0.3) is 22.5 Å². The Labute approximate surface area is 347 Å². The lowest BCUT2D eigenvalue weighted by Crippen LogP contribution is -2.48. The van der Waals surface area contributed by atoms with Crippen LogP contribution in [0.15, 0.2) is 60.7 Å². The van der Waals surface area contributed by atoms with E-state index in [-0.39, 0.29) is 41.2 Å². The molecule has 0 radical (unpaired) electrons. The maximum atomic E-state index is 15.1. The van der Waals surface area contributed by atoms with E-state index < -0.39 is 29.5 Å². The van der Waals surface area contributed by atoms with Crippen molar-refractivity contribution in [1.29, 1.82) is 0 Å². The summed E-state index contributed by atoms with van der Waals surface area (Å²) >= 11 is 0. The first-order chi connectivity index (χ1) is 28.2. The van der Waals surface area contributed by atoms with Crippen molar-refractivity contribution in [3.05, 3.63) is 83.2 Å². The minimum atomic E-state index is -0.938. The maximum Gasteiger partial charge on any atom is 0.407 e. The molecule has 3 aromatic carbocycles. The summed E-state index contributed by atoms with van der Waals surface area (Å²) in [5, 5.41) is 26.0. The summed E-state index contributed by atoms with van der Waals surface area (Å²) in [6, 6.07) is 19.1. The van der Waals surface area contributed by atoms with Crippen molar-refractivity contribution in [2.45, 2.75) is 116 Å². The number of carbonyl (C=O) groups is 3. The number of amides is 3. The Hall–Kier alpha value is -5.21. The third-order valence-electron chi connectivity index (χ3n) is 11.6. The number of alkyl carbamates (subject to hydrolysis) is 1. The Kier molecular flexibility index (Phi) is 14.5. The van der Waals surface area contributed by atoms with Gasteiger partial charge in [0.05, 0.1) is 5.56 Å². The molecule has 59 heavy (non-hydrogen) atoms. The first-order valence-corrected chi connectivity index (χ1v) is 20.9. The van der Waals surface area contributed by atoms with E-state index in [1.54, 1.807) is 6.07 Å². The first-order valence-electron chi connectivity index (χ1n) is 20.9. The number of nitrogens with zero attached hydrogens (tertiary/aromatic N) is 4. The van der Waals surface area contributed by atoms with Gasteiger partial charge in [0.2, 0.25) is 17.6 Å². The molecule has 1 aromatic heterocycles. The number of hydrogen-bond donors (Lipinski definition) is 5. The van der Waals surface area contributed by atoms with Crippen molar-refractivity contribution in [2.24, 2.45) is 11.8 Å². The molecule has 0 spiro atoms. The fraction of sp³-hybridized carbons (Fsp3) is 0.511. The number of ether oxygens (including phenoxy) is 1. The molecule has 2 aliphatic carbocycles. The number of H-pyrrole nitrogens is 1. The Morgan fingerprint density at radius 2 is 1.66 bits per heavy atom. The highest BCUT2D eigenvalue weighted by molar-refractivity contribution is 5.98. The monoisotopic (exact) mass is 809 g/mol. The Balaban J connectivity index is 1.12. The van der Waals surface area contributed by atoms with Gasteiger partial charge in [-0.05, 0) is 150 Å². The Bertz CT molecular complexity index is 2030. The van der Waals surface area contributed by atoms with Gasteiger partial charge in [-0.25, -0.2) is 9.18 Å². The number of carbonyl (C=O) groups excluding carboxylic acids is 3. The lowest BCUT2D eigenvalue weighted by atomic mass is 9.81. The van der Waals surface area contributed by atoms with E-state index in [4.69, 9.17) is 4.74 Å². The van der Waals surface area contributed by atoms with Gasteiger partial charge in [-0.15, -0.1) is 10.2 Å². The van der Waals surface area contributed by atoms with Crippen LogP contribution in [0.3, 0.4) is 0 Å². The number of aromatic nitrogens is 4. The fourth-order valence-corrected chi connectivity index (χ4v) is 8.27. The van der Waals surface area contributed by atoms with E-state index in [1.807, 2.05) is 32.9 Å². The van der Waals surface area contributed by atoms with Crippen molar-refractivity contribution in [3.63, 3.8) is 0 Å². The average molecular weight is 810 g/mol. The normalized spacial score (nSPS) is 20.1. The van der Waals surface area contributed by atoms with Gasteiger partial charge in [-0.1, -0.05) is 42.5 Å². The maximum absolute atomic E-state index is 15.1. The quantitative estimate of drug-likeness (QED) is 0.0907. The zero-order chi connectivity index (χ0) is 42.1. The Morgan fingerprint density at radius 3 is 2.32 bits per heavy atom. The number of aromatic amines is 1. The predicted octanol–water partition coefficient (Wildman–Crippen LogP) is 6.94.